The fourth-order valence-corrected chi connectivity index (χ4v) is 2.45. The highest BCUT2D eigenvalue weighted by Gasteiger charge is 2.15. The summed E-state index contributed by atoms with van der Waals surface area (Å²) >= 11 is 0. The molecule has 0 radical (unpaired) electrons. The Morgan fingerprint density at radius 3 is 2.78 bits per heavy atom. The molecule has 96 valence electrons. The lowest BCUT2D eigenvalue weighted by molar-refractivity contribution is -0.117. The van der Waals surface area contributed by atoms with Crippen LogP contribution in [0, 0.1) is 0 Å². The van der Waals surface area contributed by atoms with Crippen molar-refractivity contribution in [3.05, 3.63) is 36.0 Å². The predicted molar refractivity (Wildman–Crippen MR) is 74.6 cm³/mol. The SMILES string of the molecule is CNC(CCC(C)=O)c1cn(C)c2ccccc12. The van der Waals surface area contributed by atoms with Crippen LogP contribution in [0.1, 0.15) is 31.4 Å². The van der Waals surface area contributed by atoms with Crippen LogP contribution in [0.5, 0.6) is 0 Å². The molecule has 0 spiro atoms. The largest absolute Gasteiger partial charge is 0.350 e. The van der Waals surface area contributed by atoms with Crippen LogP contribution in [0.3, 0.4) is 0 Å². The molecule has 1 unspecified atom stereocenters. The van der Waals surface area contributed by atoms with Gasteiger partial charge in [-0.2, -0.15) is 0 Å². The summed E-state index contributed by atoms with van der Waals surface area (Å²) in [6.45, 7) is 1.65. The van der Waals surface area contributed by atoms with E-state index in [2.05, 4.69) is 47.4 Å². The Kier molecular flexibility index (Phi) is 3.82. The first-order chi connectivity index (χ1) is 8.63. The number of hydrogen-bond acceptors (Lipinski definition) is 2. The van der Waals surface area contributed by atoms with Gasteiger partial charge in [0.2, 0.25) is 0 Å². The summed E-state index contributed by atoms with van der Waals surface area (Å²) in [6, 6.07) is 8.61. The minimum atomic E-state index is 0.236. The van der Waals surface area contributed by atoms with Crippen molar-refractivity contribution in [2.45, 2.75) is 25.8 Å². The van der Waals surface area contributed by atoms with Crippen LogP contribution in [-0.4, -0.2) is 17.4 Å². The molecule has 0 aliphatic carbocycles. The summed E-state index contributed by atoms with van der Waals surface area (Å²) in [5.41, 5.74) is 2.51. The first-order valence-electron chi connectivity index (χ1n) is 6.34. The van der Waals surface area contributed by atoms with Crippen molar-refractivity contribution in [3.63, 3.8) is 0 Å². The summed E-state index contributed by atoms with van der Waals surface area (Å²) in [5, 5.41) is 4.58. The van der Waals surface area contributed by atoms with E-state index in [1.807, 2.05) is 7.05 Å². The van der Waals surface area contributed by atoms with E-state index >= 15 is 0 Å². The van der Waals surface area contributed by atoms with Gasteiger partial charge in [0, 0.05) is 36.6 Å². The van der Waals surface area contributed by atoms with E-state index in [1.54, 1.807) is 6.92 Å². The lowest BCUT2D eigenvalue weighted by Gasteiger charge is -2.14. The van der Waals surface area contributed by atoms with Crippen LogP contribution in [0.4, 0.5) is 0 Å². The number of benzene rings is 1. The van der Waals surface area contributed by atoms with Crippen LogP contribution in [-0.2, 0) is 11.8 Å². The lowest BCUT2D eigenvalue weighted by atomic mass is 10.0. The molecule has 0 aliphatic heterocycles. The van der Waals surface area contributed by atoms with Crippen LogP contribution in [0.2, 0.25) is 0 Å². The van der Waals surface area contributed by atoms with Gasteiger partial charge in [-0.25, -0.2) is 0 Å². The average molecular weight is 244 g/mol. The summed E-state index contributed by atoms with van der Waals surface area (Å²) in [7, 11) is 4.01. The van der Waals surface area contributed by atoms with Gasteiger partial charge in [-0.05, 0) is 32.0 Å². The summed E-state index contributed by atoms with van der Waals surface area (Å²) in [6.07, 6.45) is 3.63. The van der Waals surface area contributed by atoms with E-state index in [-0.39, 0.29) is 11.8 Å². The number of carbonyl (C=O) groups excluding carboxylic acids is 1. The minimum Gasteiger partial charge on any atom is -0.350 e. The van der Waals surface area contributed by atoms with Crippen molar-refractivity contribution in [1.82, 2.24) is 9.88 Å². The lowest BCUT2D eigenvalue weighted by Crippen LogP contribution is -2.17. The third kappa shape index (κ3) is 2.46. The highest BCUT2D eigenvalue weighted by atomic mass is 16.1. The summed E-state index contributed by atoms with van der Waals surface area (Å²) in [5.74, 6) is 0.246. The molecule has 3 nitrogen and oxygen atoms in total. The van der Waals surface area contributed by atoms with Crippen molar-refractivity contribution in [1.29, 1.82) is 0 Å². The maximum Gasteiger partial charge on any atom is 0.129 e. The molecule has 0 saturated carbocycles. The molecule has 0 saturated heterocycles. The van der Waals surface area contributed by atoms with E-state index < -0.39 is 0 Å². The van der Waals surface area contributed by atoms with Gasteiger partial charge in [-0.15, -0.1) is 0 Å². The van der Waals surface area contributed by atoms with E-state index in [0.717, 1.165) is 6.42 Å². The first kappa shape index (κ1) is 12.8. The van der Waals surface area contributed by atoms with Gasteiger partial charge in [-0.1, -0.05) is 18.2 Å². The minimum absolute atomic E-state index is 0.236. The molecule has 2 aromatic rings. The van der Waals surface area contributed by atoms with Crippen molar-refractivity contribution in [2.24, 2.45) is 7.05 Å². The Bertz CT molecular complexity index is 557. The normalized spacial score (nSPS) is 12.8. The molecule has 2 rings (SSSR count). The second-order valence-electron chi connectivity index (χ2n) is 4.79. The van der Waals surface area contributed by atoms with Gasteiger partial charge in [0.05, 0.1) is 0 Å². The molecule has 1 N–H and O–H groups in total. The number of hydrogen-bond donors (Lipinski definition) is 1. The Labute approximate surface area is 108 Å². The van der Waals surface area contributed by atoms with E-state index in [9.17, 15) is 4.79 Å². The van der Waals surface area contributed by atoms with Crippen molar-refractivity contribution < 1.29 is 4.79 Å². The molecule has 1 heterocycles. The Hall–Kier alpha value is -1.61. The average Bonchev–Trinajstić information content (AvgIpc) is 2.68. The summed E-state index contributed by atoms with van der Waals surface area (Å²) in [4.78, 5) is 11.1. The number of aromatic nitrogens is 1. The molecular formula is C15H20N2O. The maximum atomic E-state index is 11.1. The highest BCUT2D eigenvalue weighted by Crippen LogP contribution is 2.28. The van der Waals surface area contributed by atoms with Crippen LogP contribution in [0.25, 0.3) is 10.9 Å². The molecule has 0 bridgehead atoms. The molecule has 18 heavy (non-hydrogen) atoms. The van der Waals surface area contributed by atoms with Gasteiger partial charge in [0.25, 0.3) is 0 Å². The number of rotatable bonds is 5. The maximum absolute atomic E-state index is 11.1. The van der Waals surface area contributed by atoms with Gasteiger partial charge in [0.15, 0.2) is 0 Å². The Morgan fingerprint density at radius 2 is 2.11 bits per heavy atom. The van der Waals surface area contributed by atoms with Gasteiger partial charge in [0.1, 0.15) is 5.78 Å². The fourth-order valence-electron chi connectivity index (χ4n) is 2.45. The van der Waals surface area contributed by atoms with E-state index in [0.29, 0.717) is 6.42 Å². The van der Waals surface area contributed by atoms with Crippen molar-refractivity contribution >= 4 is 16.7 Å². The molecule has 0 aliphatic rings. The van der Waals surface area contributed by atoms with Gasteiger partial charge in [-0.3, -0.25) is 0 Å². The zero-order chi connectivity index (χ0) is 13.1. The molecule has 1 aromatic heterocycles. The Morgan fingerprint density at radius 1 is 1.39 bits per heavy atom. The smallest absolute Gasteiger partial charge is 0.129 e. The number of nitrogens with zero attached hydrogens (tertiary/aromatic N) is 1. The standard InChI is InChI=1S/C15H20N2O/c1-11(18)8-9-14(16-2)13-10-17(3)15-7-5-4-6-12(13)15/h4-7,10,14,16H,8-9H2,1-3H3. The quantitative estimate of drug-likeness (QED) is 0.877. The molecule has 1 aromatic carbocycles. The first-order valence-corrected chi connectivity index (χ1v) is 6.34. The second kappa shape index (κ2) is 5.36. The number of Topliss-reactive ketones (excluding diaryl/α,β-unsaturated/α-hetero) is 1. The van der Waals surface area contributed by atoms with Crippen molar-refractivity contribution in [3.8, 4) is 0 Å². The topological polar surface area (TPSA) is 34.0 Å². The number of nitrogens with one attached hydrogen (secondary N) is 1. The Balaban J connectivity index is 2.36. The van der Waals surface area contributed by atoms with Crippen LogP contribution >= 0.6 is 0 Å². The number of para-hydroxylation sites is 1. The number of carbonyl (C=O) groups is 1. The zero-order valence-electron chi connectivity index (χ0n) is 11.2. The molecule has 0 amide bonds. The van der Waals surface area contributed by atoms with E-state index in [1.165, 1.54) is 16.5 Å². The van der Waals surface area contributed by atoms with Crippen molar-refractivity contribution in [2.75, 3.05) is 7.05 Å². The summed E-state index contributed by atoms with van der Waals surface area (Å²) < 4.78 is 2.14. The monoisotopic (exact) mass is 244 g/mol. The van der Waals surface area contributed by atoms with Crippen LogP contribution in [0.15, 0.2) is 30.5 Å². The molecule has 0 fully saturated rings. The third-order valence-electron chi connectivity index (χ3n) is 3.44. The molecular weight excluding hydrogens is 224 g/mol. The predicted octanol–water partition coefficient (Wildman–Crippen LogP) is 2.81. The number of fused-ring (bicyclic) bond motifs is 1. The number of aryl methyl sites for hydroxylation is 1. The molecule has 1 atom stereocenters. The second-order valence-corrected chi connectivity index (χ2v) is 4.79. The van der Waals surface area contributed by atoms with Crippen LogP contribution < -0.4 is 5.32 Å². The van der Waals surface area contributed by atoms with Gasteiger partial charge < -0.3 is 14.7 Å². The fraction of sp³-hybridized carbons (Fsp3) is 0.400. The highest BCUT2D eigenvalue weighted by molar-refractivity contribution is 5.84. The number of ketones is 1. The van der Waals surface area contributed by atoms with E-state index in [4.69, 9.17) is 0 Å². The zero-order valence-corrected chi connectivity index (χ0v) is 11.2. The molecule has 3 heteroatoms. The van der Waals surface area contributed by atoms with Gasteiger partial charge >= 0.3 is 0 Å². The third-order valence-corrected chi connectivity index (χ3v) is 3.44.